The quantitative estimate of drug-likeness (QED) is 0.566. The van der Waals surface area contributed by atoms with Gasteiger partial charge in [0, 0.05) is 29.5 Å². The third-order valence-electron chi connectivity index (χ3n) is 5.07. The molecule has 0 bridgehead atoms. The summed E-state index contributed by atoms with van der Waals surface area (Å²) in [7, 11) is 0. The molecule has 29 heavy (non-hydrogen) atoms. The van der Waals surface area contributed by atoms with Gasteiger partial charge in [-0.05, 0) is 46.8 Å². The van der Waals surface area contributed by atoms with E-state index in [1.54, 1.807) is 35.6 Å². The second-order valence-electron chi connectivity index (χ2n) is 6.91. The first-order valence-corrected chi connectivity index (χ1v) is 9.25. The van der Waals surface area contributed by atoms with Gasteiger partial charge in [-0.2, -0.15) is 0 Å². The number of fused-ring (bicyclic) bond motifs is 2. The molecule has 3 heterocycles. The molecule has 2 aromatic heterocycles. The lowest BCUT2D eigenvalue weighted by Gasteiger charge is -2.30. The highest BCUT2D eigenvalue weighted by Crippen LogP contribution is 2.32. The number of aliphatic hydroxyl groups is 1. The van der Waals surface area contributed by atoms with E-state index < -0.39 is 6.23 Å². The van der Waals surface area contributed by atoms with E-state index in [-0.39, 0.29) is 12.4 Å². The van der Waals surface area contributed by atoms with Crippen molar-refractivity contribution in [2.75, 3.05) is 4.90 Å². The zero-order chi connectivity index (χ0) is 19.8. The van der Waals surface area contributed by atoms with Crippen LogP contribution in [0.2, 0.25) is 0 Å². The van der Waals surface area contributed by atoms with Crippen molar-refractivity contribution in [3.63, 3.8) is 0 Å². The van der Waals surface area contributed by atoms with Crippen molar-refractivity contribution < 1.29 is 9.50 Å². The predicted octanol–water partition coefficient (Wildman–Crippen LogP) is 4.48. The van der Waals surface area contributed by atoms with Gasteiger partial charge in [-0.3, -0.25) is 9.98 Å². The van der Waals surface area contributed by atoms with Gasteiger partial charge in [0.05, 0.1) is 12.8 Å². The number of anilines is 1. The zero-order valence-corrected chi connectivity index (χ0v) is 15.4. The molecule has 4 aromatic rings. The Morgan fingerprint density at radius 3 is 2.72 bits per heavy atom. The Bertz CT molecular complexity index is 1240. The maximum absolute atomic E-state index is 14.9. The van der Waals surface area contributed by atoms with Crippen LogP contribution in [0.3, 0.4) is 0 Å². The molecule has 1 unspecified atom stereocenters. The molecule has 1 aliphatic heterocycles. The van der Waals surface area contributed by atoms with Crippen LogP contribution >= 0.6 is 0 Å². The maximum Gasteiger partial charge on any atom is 0.165 e. The normalized spacial score (nSPS) is 15.5. The van der Waals surface area contributed by atoms with Crippen molar-refractivity contribution >= 4 is 28.5 Å². The van der Waals surface area contributed by atoms with Crippen LogP contribution in [-0.4, -0.2) is 27.5 Å². The number of aromatic nitrogens is 2. The van der Waals surface area contributed by atoms with E-state index in [9.17, 15) is 9.50 Å². The second kappa shape index (κ2) is 7.07. The first kappa shape index (κ1) is 17.5. The molecule has 1 aliphatic rings. The molecule has 5 rings (SSSR count). The molecular formula is C23H17FN4O. The molecule has 1 N–H and O–H groups in total. The average molecular weight is 384 g/mol. The van der Waals surface area contributed by atoms with E-state index in [4.69, 9.17) is 0 Å². The minimum atomic E-state index is -0.954. The van der Waals surface area contributed by atoms with Crippen molar-refractivity contribution in [1.82, 2.24) is 9.97 Å². The van der Waals surface area contributed by atoms with Crippen LogP contribution in [0.5, 0.6) is 0 Å². The number of hydrogen-bond donors (Lipinski definition) is 1. The number of aliphatic imine (C=N–C) groups is 1. The molecule has 142 valence electrons. The minimum absolute atomic E-state index is 0.185. The summed E-state index contributed by atoms with van der Waals surface area (Å²) in [4.78, 5) is 14.3. The number of hydrogen-bond acceptors (Lipinski definition) is 5. The molecule has 5 nitrogen and oxygen atoms in total. The lowest BCUT2D eigenvalue weighted by atomic mass is 10.0. The van der Waals surface area contributed by atoms with Gasteiger partial charge in [-0.1, -0.05) is 24.3 Å². The van der Waals surface area contributed by atoms with Gasteiger partial charge in [0.1, 0.15) is 11.5 Å². The van der Waals surface area contributed by atoms with E-state index in [1.807, 2.05) is 36.4 Å². The molecular weight excluding hydrogens is 367 g/mol. The van der Waals surface area contributed by atoms with Gasteiger partial charge in [-0.25, -0.2) is 9.37 Å². The first-order chi connectivity index (χ1) is 14.2. The second-order valence-corrected chi connectivity index (χ2v) is 6.91. The van der Waals surface area contributed by atoms with Gasteiger partial charge in [0.25, 0.3) is 0 Å². The van der Waals surface area contributed by atoms with Crippen LogP contribution in [0.1, 0.15) is 5.56 Å². The van der Waals surface area contributed by atoms with Crippen LogP contribution in [0.4, 0.5) is 15.9 Å². The Balaban J connectivity index is 1.46. The largest absolute Gasteiger partial charge is 0.368 e. The smallest absolute Gasteiger partial charge is 0.165 e. The highest BCUT2D eigenvalue weighted by Gasteiger charge is 2.24. The van der Waals surface area contributed by atoms with E-state index >= 15 is 0 Å². The van der Waals surface area contributed by atoms with E-state index in [2.05, 4.69) is 15.0 Å². The molecule has 0 spiro atoms. The topological polar surface area (TPSA) is 61.6 Å². The van der Waals surface area contributed by atoms with Crippen molar-refractivity contribution in [2.45, 2.75) is 12.8 Å². The number of halogens is 1. The van der Waals surface area contributed by atoms with E-state index in [0.29, 0.717) is 17.1 Å². The lowest BCUT2D eigenvalue weighted by Crippen LogP contribution is -2.38. The number of pyridine rings is 2. The highest BCUT2D eigenvalue weighted by molar-refractivity contribution is 5.86. The molecule has 0 fully saturated rings. The number of nitrogens with zero attached hydrogens (tertiary/aromatic N) is 4. The summed E-state index contributed by atoms with van der Waals surface area (Å²) in [6, 6.07) is 16.7. The standard InChI is InChI=1S/C23H17FN4O/c24-20-11-17(16-4-3-15-7-9-25-12-19(15)10-16)5-6-18(20)14-28-22(29)13-27-21-2-1-8-26-23(21)28/h1-13,22,29H,14H2. The summed E-state index contributed by atoms with van der Waals surface area (Å²) in [6.07, 6.45) is 5.66. The van der Waals surface area contributed by atoms with Crippen molar-refractivity contribution in [3.8, 4) is 11.1 Å². The average Bonchev–Trinajstić information content (AvgIpc) is 2.76. The number of rotatable bonds is 3. The van der Waals surface area contributed by atoms with Crippen LogP contribution < -0.4 is 4.90 Å². The summed E-state index contributed by atoms with van der Waals surface area (Å²) in [5.41, 5.74) is 2.84. The number of aliphatic hydroxyl groups excluding tert-OH is 1. The minimum Gasteiger partial charge on any atom is -0.368 e. The summed E-state index contributed by atoms with van der Waals surface area (Å²) < 4.78 is 14.9. The van der Waals surface area contributed by atoms with E-state index in [0.717, 1.165) is 21.9 Å². The van der Waals surface area contributed by atoms with Crippen molar-refractivity contribution in [3.05, 3.63) is 84.6 Å². The van der Waals surface area contributed by atoms with Gasteiger partial charge < -0.3 is 10.0 Å². The van der Waals surface area contributed by atoms with E-state index in [1.165, 1.54) is 12.3 Å². The Kier molecular flexibility index (Phi) is 4.26. The Morgan fingerprint density at radius 2 is 1.83 bits per heavy atom. The van der Waals surface area contributed by atoms with Gasteiger partial charge in [0.15, 0.2) is 12.0 Å². The zero-order valence-electron chi connectivity index (χ0n) is 15.4. The summed E-state index contributed by atoms with van der Waals surface area (Å²) in [5.74, 6) is 0.203. The number of benzene rings is 2. The van der Waals surface area contributed by atoms with Crippen molar-refractivity contribution in [1.29, 1.82) is 0 Å². The van der Waals surface area contributed by atoms with Gasteiger partial charge in [0.2, 0.25) is 0 Å². The fraction of sp³-hybridized carbons (Fsp3) is 0.0870. The fourth-order valence-electron chi connectivity index (χ4n) is 3.53. The van der Waals surface area contributed by atoms with Crippen LogP contribution in [0, 0.1) is 5.82 Å². The summed E-state index contributed by atoms with van der Waals surface area (Å²) >= 11 is 0. The molecule has 1 atom stereocenters. The summed E-state index contributed by atoms with van der Waals surface area (Å²) in [5, 5.41) is 12.4. The highest BCUT2D eigenvalue weighted by atomic mass is 19.1. The molecule has 0 saturated carbocycles. The molecule has 2 aromatic carbocycles. The van der Waals surface area contributed by atoms with Crippen LogP contribution in [0.25, 0.3) is 21.9 Å². The molecule has 0 saturated heterocycles. The monoisotopic (exact) mass is 384 g/mol. The predicted molar refractivity (Wildman–Crippen MR) is 112 cm³/mol. The fourth-order valence-corrected chi connectivity index (χ4v) is 3.53. The third-order valence-corrected chi connectivity index (χ3v) is 5.07. The Morgan fingerprint density at radius 1 is 0.966 bits per heavy atom. The Labute approximate surface area is 166 Å². The third kappa shape index (κ3) is 3.23. The molecule has 0 aliphatic carbocycles. The maximum atomic E-state index is 14.9. The van der Waals surface area contributed by atoms with Crippen molar-refractivity contribution in [2.24, 2.45) is 4.99 Å². The van der Waals surface area contributed by atoms with Gasteiger partial charge >= 0.3 is 0 Å². The molecule has 0 amide bonds. The van der Waals surface area contributed by atoms with Crippen LogP contribution in [0.15, 0.2) is 78.2 Å². The Hall–Kier alpha value is -3.64. The molecule has 6 heteroatoms. The summed E-state index contributed by atoms with van der Waals surface area (Å²) in [6.45, 7) is 0.185. The first-order valence-electron chi connectivity index (χ1n) is 9.25. The lowest BCUT2D eigenvalue weighted by molar-refractivity contribution is 0.234. The van der Waals surface area contributed by atoms with Crippen LogP contribution in [-0.2, 0) is 6.54 Å². The van der Waals surface area contributed by atoms with Gasteiger partial charge in [-0.15, -0.1) is 0 Å². The molecule has 0 radical (unpaired) electrons. The SMILES string of the molecule is OC1C=Nc2cccnc2N1Cc1ccc(-c2ccc3ccncc3c2)cc1F.